The molecule has 0 spiro atoms. The number of nitrogens with zero attached hydrogens (tertiary/aromatic N) is 6. The van der Waals surface area contributed by atoms with Crippen LogP contribution >= 0.6 is 0 Å². The Bertz CT molecular complexity index is 1180. The molecule has 5 rings (SSSR count). The second-order valence-electron chi connectivity index (χ2n) is 8.15. The van der Waals surface area contributed by atoms with Crippen LogP contribution in [0.1, 0.15) is 18.1 Å². The molecule has 2 aromatic heterocycles. The molecule has 0 saturated carbocycles. The van der Waals surface area contributed by atoms with E-state index in [-0.39, 0.29) is 0 Å². The average Bonchev–Trinajstić information content (AvgIpc) is 3.19. The third-order valence-corrected chi connectivity index (χ3v) is 5.88. The zero-order valence-electron chi connectivity index (χ0n) is 17.7. The van der Waals surface area contributed by atoms with Gasteiger partial charge in [-0.2, -0.15) is 5.10 Å². The lowest BCUT2D eigenvalue weighted by atomic mass is 10.1. The molecule has 1 fully saturated rings. The van der Waals surface area contributed by atoms with Crippen molar-refractivity contribution in [3.63, 3.8) is 0 Å². The van der Waals surface area contributed by atoms with Crippen molar-refractivity contribution < 1.29 is 0 Å². The summed E-state index contributed by atoms with van der Waals surface area (Å²) in [6.45, 7) is 9.28. The first-order valence-electron chi connectivity index (χ1n) is 10.4. The highest BCUT2D eigenvalue weighted by atomic mass is 15.3. The van der Waals surface area contributed by atoms with Crippen LogP contribution in [0.3, 0.4) is 0 Å². The quantitative estimate of drug-likeness (QED) is 0.519. The second-order valence-corrected chi connectivity index (χ2v) is 8.15. The zero-order valence-corrected chi connectivity index (χ0v) is 17.7. The number of aromatic nitrogens is 4. The van der Waals surface area contributed by atoms with Gasteiger partial charge in [-0.1, -0.05) is 29.8 Å². The lowest BCUT2D eigenvalue weighted by Crippen LogP contribution is -2.52. The van der Waals surface area contributed by atoms with Crippen molar-refractivity contribution in [1.29, 1.82) is 0 Å². The Morgan fingerprint density at radius 1 is 0.900 bits per heavy atom. The van der Waals surface area contributed by atoms with Crippen LogP contribution in [-0.4, -0.2) is 45.4 Å². The molecule has 0 unspecified atom stereocenters. The van der Waals surface area contributed by atoms with Gasteiger partial charge in [-0.25, -0.2) is 14.6 Å². The monoisotopic (exact) mass is 398 g/mol. The van der Waals surface area contributed by atoms with Crippen molar-refractivity contribution >= 4 is 22.5 Å². The highest BCUT2D eigenvalue weighted by Crippen LogP contribution is 2.28. The van der Waals surface area contributed by atoms with Gasteiger partial charge in [0.15, 0.2) is 5.65 Å². The first kappa shape index (κ1) is 18.6. The number of piperazine rings is 1. The van der Waals surface area contributed by atoms with Crippen molar-refractivity contribution in [2.24, 2.45) is 0 Å². The minimum Gasteiger partial charge on any atom is -0.365 e. The van der Waals surface area contributed by atoms with E-state index in [0.717, 1.165) is 42.2 Å². The molecule has 2 aromatic carbocycles. The van der Waals surface area contributed by atoms with Gasteiger partial charge in [0.05, 0.1) is 17.3 Å². The molecule has 3 heterocycles. The molecule has 0 radical (unpaired) electrons. The molecule has 0 N–H and O–H groups in total. The summed E-state index contributed by atoms with van der Waals surface area (Å²) in [5.74, 6) is 0.967. The van der Waals surface area contributed by atoms with Gasteiger partial charge in [-0.3, -0.25) is 0 Å². The smallest absolute Gasteiger partial charge is 0.168 e. The van der Waals surface area contributed by atoms with E-state index in [4.69, 9.17) is 0 Å². The van der Waals surface area contributed by atoms with Gasteiger partial charge in [-0.05, 0) is 50.6 Å². The topological polar surface area (TPSA) is 50.1 Å². The van der Waals surface area contributed by atoms with Crippen LogP contribution in [0, 0.1) is 13.8 Å². The third kappa shape index (κ3) is 3.28. The molecule has 6 heteroatoms. The Morgan fingerprint density at radius 2 is 1.73 bits per heavy atom. The van der Waals surface area contributed by atoms with E-state index in [1.807, 2.05) is 16.9 Å². The standard InChI is InChI=1S/C24H26N6/c1-17-7-9-20(10-8-17)29-12-11-28(15-19(29)3)23-22-14-27-30(24(22)26-16-25-23)21-6-4-5-18(2)13-21/h4-10,13-14,16,19H,11-12,15H2,1-3H3/t19-/m0/s1. The zero-order chi connectivity index (χ0) is 20.7. The van der Waals surface area contributed by atoms with E-state index in [1.54, 1.807) is 6.33 Å². The molecule has 1 aliphatic rings. The van der Waals surface area contributed by atoms with Gasteiger partial charge < -0.3 is 9.80 Å². The van der Waals surface area contributed by atoms with Crippen LogP contribution in [0.4, 0.5) is 11.5 Å². The van der Waals surface area contributed by atoms with Gasteiger partial charge in [0.1, 0.15) is 12.1 Å². The van der Waals surface area contributed by atoms with E-state index in [9.17, 15) is 0 Å². The van der Waals surface area contributed by atoms with E-state index in [1.165, 1.54) is 16.8 Å². The van der Waals surface area contributed by atoms with Gasteiger partial charge in [0.2, 0.25) is 0 Å². The number of benzene rings is 2. The fourth-order valence-electron chi connectivity index (χ4n) is 4.30. The summed E-state index contributed by atoms with van der Waals surface area (Å²) >= 11 is 0. The van der Waals surface area contributed by atoms with E-state index < -0.39 is 0 Å². The largest absolute Gasteiger partial charge is 0.365 e. The molecule has 30 heavy (non-hydrogen) atoms. The summed E-state index contributed by atoms with van der Waals surface area (Å²) in [6, 6.07) is 17.5. The van der Waals surface area contributed by atoms with Crippen molar-refractivity contribution in [3.05, 3.63) is 72.2 Å². The molecule has 4 aromatic rings. The number of fused-ring (bicyclic) bond motifs is 1. The Hall–Kier alpha value is -3.41. The Labute approximate surface area is 176 Å². The third-order valence-electron chi connectivity index (χ3n) is 5.88. The van der Waals surface area contributed by atoms with Gasteiger partial charge >= 0.3 is 0 Å². The Morgan fingerprint density at radius 3 is 2.50 bits per heavy atom. The average molecular weight is 399 g/mol. The number of aryl methyl sites for hydroxylation is 2. The number of hydrogen-bond acceptors (Lipinski definition) is 5. The van der Waals surface area contributed by atoms with E-state index >= 15 is 0 Å². The van der Waals surface area contributed by atoms with Gasteiger partial charge in [0, 0.05) is 31.4 Å². The summed E-state index contributed by atoms with van der Waals surface area (Å²) in [7, 11) is 0. The summed E-state index contributed by atoms with van der Waals surface area (Å²) in [5, 5.41) is 5.62. The minimum atomic E-state index is 0.387. The molecule has 6 nitrogen and oxygen atoms in total. The highest BCUT2D eigenvalue weighted by molar-refractivity contribution is 5.87. The van der Waals surface area contributed by atoms with Crippen molar-refractivity contribution in [2.75, 3.05) is 29.4 Å². The molecular formula is C24H26N6. The van der Waals surface area contributed by atoms with Crippen LogP contribution in [0.2, 0.25) is 0 Å². The first-order valence-corrected chi connectivity index (χ1v) is 10.4. The maximum absolute atomic E-state index is 4.64. The van der Waals surface area contributed by atoms with Crippen molar-refractivity contribution in [2.45, 2.75) is 26.8 Å². The fraction of sp³-hybridized carbons (Fsp3) is 0.292. The molecule has 1 aliphatic heterocycles. The summed E-state index contributed by atoms with van der Waals surface area (Å²) in [6.07, 6.45) is 3.55. The predicted molar refractivity (Wildman–Crippen MR) is 122 cm³/mol. The van der Waals surface area contributed by atoms with Crippen LogP contribution in [-0.2, 0) is 0 Å². The maximum atomic E-state index is 4.64. The molecule has 0 aliphatic carbocycles. The normalized spacial score (nSPS) is 17.0. The molecule has 0 amide bonds. The van der Waals surface area contributed by atoms with Gasteiger partial charge in [-0.15, -0.1) is 0 Å². The molecule has 1 saturated heterocycles. The van der Waals surface area contributed by atoms with E-state index in [2.05, 4.69) is 88.1 Å². The second kappa shape index (κ2) is 7.44. The Balaban J connectivity index is 1.44. The number of hydrogen-bond donors (Lipinski definition) is 0. The molecule has 1 atom stereocenters. The number of rotatable bonds is 3. The van der Waals surface area contributed by atoms with Crippen LogP contribution in [0.15, 0.2) is 61.1 Å². The van der Waals surface area contributed by atoms with E-state index in [0.29, 0.717) is 6.04 Å². The van der Waals surface area contributed by atoms with Crippen LogP contribution in [0.5, 0.6) is 0 Å². The van der Waals surface area contributed by atoms with Crippen LogP contribution in [0.25, 0.3) is 16.7 Å². The Kier molecular flexibility index (Phi) is 4.62. The lowest BCUT2D eigenvalue weighted by molar-refractivity contribution is 0.548. The summed E-state index contributed by atoms with van der Waals surface area (Å²) in [5.41, 5.74) is 5.64. The minimum absolute atomic E-state index is 0.387. The number of anilines is 2. The van der Waals surface area contributed by atoms with Crippen molar-refractivity contribution in [1.82, 2.24) is 19.7 Å². The predicted octanol–water partition coefficient (Wildman–Crippen LogP) is 4.15. The summed E-state index contributed by atoms with van der Waals surface area (Å²) in [4.78, 5) is 14.0. The van der Waals surface area contributed by atoms with Crippen molar-refractivity contribution in [3.8, 4) is 5.69 Å². The molecule has 152 valence electrons. The summed E-state index contributed by atoms with van der Waals surface area (Å²) < 4.78 is 1.90. The van der Waals surface area contributed by atoms with Gasteiger partial charge in [0.25, 0.3) is 0 Å². The molecular weight excluding hydrogens is 372 g/mol. The SMILES string of the molecule is Cc1ccc(N2CCN(c3ncnc4c3cnn4-c3cccc(C)c3)C[C@@H]2C)cc1. The fourth-order valence-corrected chi connectivity index (χ4v) is 4.30. The lowest BCUT2D eigenvalue weighted by Gasteiger charge is -2.42. The maximum Gasteiger partial charge on any atom is 0.168 e. The highest BCUT2D eigenvalue weighted by Gasteiger charge is 2.26. The molecule has 0 bridgehead atoms. The van der Waals surface area contributed by atoms with Crippen LogP contribution < -0.4 is 9.80 Å². The first-order chi connectivity index (χ1) is 14.6.